The van der Waals surface area contributed by atoms with Gasteiger partial charge < -0.3 is 5.73 Å². The number of carbonyl (C=O) groups is 1. The van der Waals surface area contributed by atoms with Crippen LogP contribution in [0.2, 0.25) is 0 Å². The highest BCUT2D eigenvalue weighted by Gasteiger charge is 2.03. The molecule has 0 spiro atoms. The molecule has 0 atom stereocenters. The molecule has 2 N–H and O–H groups in total. The maximum Gasteiger partial charge on any atom is 0.249 e. The molecule has 0 aliphatic carbocycles. The van der Waals surface area contributed by atoms with Crippen molar-refractivity contribution in [2.45, 2.75) is 6.92 Å². The minimum atomic E-state index is -0.461. The molecular weight excluding hydrogens is 174 g/mol. The van der Waals surface area contributed by atoms with Gasteiger partial charge in [0.25, 0.3) is 0 Å². The van der Waals surface area contributed by atoms with E-state index in [2.05, 4.69) is 18.4 Å². The van der Waals surface area contributed by atoms with Crippen LogP contribution in [0.3, 0.4) is 0 Å². The van der Waals surface area contributed by atoms with Crippen molar-refractivity contribution in [1.82, 2.24) is 0 Å². The van der Waals surface area contributed by atoms with Gasteiger partial charge in [0.1, 0.15) is 0 Å². The first kappa shape index (κ1) is 10.1. The van der Waals surface area contributed by atoms with E-state index in [4.69, 9.17) is 5.73 Å². The number of nitrogens with two attached hydrogens (primary N) is 1. The minimum Gasteiger partial charge on any atom is -0.366 e. The van der Waals surface area contributed by atoms with Crippen LogP contribution in [0.15, 0.2) is 36.4 Å². The summed E-state index contributed by atoms with van der Waals surface area (Å²) in [5.41, 5.74) is 7.03. The van der Waals surface area contributed by atoms with Crippen LogP contribution in [0.5, 0.6) is 0 Å². The Kier molecular flexibility index (Phi) is 3.09. The lowest BCUT2D eigenvalue weighted by atomic mass is 10.1. The van der Waals surface area contributed by atoms with Gasteiger partial charge in [-0.25, -0.2) is 0 Å². The summed E-state index contributed by atoms with van der Waals surface area (Å²) in [5, 5.41) is 0. The molecule has 70 valence electrons. The highest BCUT2D eigenvalue weighted by atomic mass is 16.1. The highest BCUT2D eigenvalue weighted by Crippen LogP contribution is 2.06. The van der Waals surface area contributed by atoms with Crippen LogP contribution in [-0.4, -0.2) is 5.91 Å². The summed E-state index contributed by atoms with van der Waals surface area (Å²) in [4.78, 5) is 11.0. The molecule has 0 fully saturated rings. The van der Waals surface area contributed by atoms with Crippen molar-refractivity contribution in [3.05, 3.63) is 47.5 Å². The van der Waals surface area contributed by atoms with E-state index < -0.39 is 5.91 Å². The first-order valence-corrected chi connectivity index (χ1v) is 4.17. The largest absolute Gasteiger partial charge is 0.366 e. The molecule has 0 aliphatic heterocycles. The lowest BCUT2D eigenvalue weighted by Gasteiger charge is -1.97. The van der Waals surface area contributed by atoms with E-state index in [0.717, 1.165) is 5.57 Å². The molecule has 1 rings (SSSR count). The van der Waals surface area contributed by atoms with Crippen LogP contribution in [-0.2, 0) is 0 Å². The summed E-state index contributed by atoms with van der Waals surface area (Å²) in [6, 6.07) is 6.99. The number of carbonyl (C=O) groups excluding carboxylic acids is 1. The summed E-state index contributed by atoms with van der Waals surface area (Å²) in [6.45, 7) is 5.46. The second kappa shape index (κ2) is 4.29. The van der Waals surface area contributed by atoms with Crippen molar-refractivity contribution in [2.75, 3.05) is 0 Å². The summed E-state index contributed by atoms with van der Waals surface area (Å²) < 4.78 is 0. The van der Waals surface area contributed by atoms with Crippen LogP contribution in [0.1, 0.15) is 22.8 Å². The van der Waals surface area contributed by atoms with Crippen LogP contribution < -0.4 is 5.73 Å². The van der Waals surface area contributed by atoms with Crippen molar-refractivity contribution >= 4 is 5.91 Å². The topological polar surface area (TPSA) is 43.1 Å². The maximum absolute atomic E-state index is 11.0. The number of primary amides is 1. The van der Waals surface area contributed by atoms with Crippen molar-refractivity contribution in [1.29, 1.82) is 0 Å². The molecule has 0 unspecified atom stereocenters. The number of allylic oxidation sites excluding steroid dienone is 1. The smallest absolute Gasteiger partial charge is 0.249 e. The van der Waals surface area contributed by atoms with Crippen molar-refractivity contribution in [3.8, 4) is 11.8 Å². The van der Waals surface area contributed by atoms with Crippen molar-refractivity contribution in [3.63, 3.8) is 0 Å². The van der Waals surface area contributed by atoms with Gasteiger partial charge in [0.15, 0.2) is 0 Å². The van der Waals surface area contributed by atoms with E-state index in [1.54, 1.807) is 25.1 Å². The van der Waals surface area contributed by atoms with E-state index in [1.807, 2.05) is 6.07 Å². The monoisotopic (exact) mass is 185 g/mol. The molecule has 0 radical (unpaired) electrons. The Balaban J connectivity index is 3.16. The Hall–Kier alpha value is -2.01. The third-order valence-electron chi connectivity index (χ3n) is 1.60. The van der Waals surface area contributed by atoms with E-state index in [0.29, 0.717) is 11.1 Å². The fourth-order valence-corrected chi connectivity index (χ4v) is 0.981. The summed E-state index contributed by atoms with van der Waals surface area (Å²) in [7, 11) is 0. The van der Waals surface area contributed by atoms with Gasteiger partial charge in [-0.3, -0.25) is 4.79 Å². The van der Waals surface area contributed by atoms with Crippen LogP contribution in [0.25, 0.3) is 0 Å². The molecule has 2 nitrogen and oxygen atoms in total. The number of benzene rings is 1. The van der Waals surface area contributed by atoms with Crippen LogP contribution >= 0.6 is 0 Å². The zero-order valence-electron chi connectivity index (χ0n) is 8.00. The third-order valence-corrected chi connectivity index (χ3v) is 1.60. The van der Waals surface area contributed by atoms with Crippen molar-refractivity contribution in [2.24, 2.45) is 5.73 Å². The van der Waals surface area contributed by atoms with E-state index in [-0.39, 0.29) is 0 Å². The molecule has 1 aromatic carbocycles. The maximum atomic E-state index is 11.0. The van der Waals surface area contributed by atoms with Gasteiger partial charge in [-0.15, -0.1) is 0 Å². The predicted molar refractivity (Wildman–Crippen MR) is 56.7 cm³/mol. The zero-order chi connectivity index (χ0) is 10.6. The average Bonchev–Trinajstić information content (AvgIpc) is 2.15. The SMILES string of the molecule is C=C(C)C#Cc1ccccc1C(N)=O. The van der Waals surface area contributed by atoms with Gasteiger partial charge >= 0.3 is 0 Å². The molecule has 2 heteroatoms. The second-order valence-electron chi connectivity index (χ2n) is 2.94. The number of rotatable bonds is 1. The van der Waals surface area contributed by atoms with Gasteiger partial charge in [-0.1, -0.05) is 30.6 Å². The van der Waals surface area contributed by atoms with E-state index in [9.17, 15) is 4.79 Å². The van der Waals surface area contributed by atoms with E-state index in [1.165, 1.54) is 0 Å². The fraction of sp³-hybridized carbons (Fsp3) is 0.0833. The normalized spacial score (nSPS) is 8.64. The van der Waals surface area contributed by atoms with Gasteiger partial charge in [0, 0.05) is 5.56 Å². The molecule has 0 saturated carbocycles. The fourth-order valence-electron chi connectivity index (χ4n) is 0.981. The summed E-state index contributed by atoms with van der Waals surface area (Å²) in [6.07, 6.45) is 0. The van der Waals surface area contributed by atoms with Crippen LogP contribution in [0.4, 0.5) is 0 Å². The average molecular weight is 185 g/mol. The van der Waals surface area contributed by atoms with E-state index >= 15 is 0 Å². The van der Waals surface area contributed by atoms with Gasteiger partial charge in [-0.2, -0.15) is 0 Å². The molecule has 0 aromatic heterocycles. The standard InChI is InChI=1S/C12H11NO/c1-9(2)7-8-10-5-3-4-6-11(10)12(13)14/h3-6H,1H2,2H3,(H2,13,14). The van der Waals surface area contributed by atoms with Gasteiger partial charge in [0.05, 0.1) is 5.56 Å². The van der Waals surface area contributed by atoms with Gasteiger partial charge in [-0.05, 0) is 24.6 Å². The molecule has 1 amide bonds. The zero-order valence-corrected chi connectivity index (χ0v) is 8.00. The lowest BCUT2D eigenvalue weighted by molar-refractivity contribution is 0.1000. The molecule has 0 bridgehead atoms. The summed E-state index contributed by atoms with van der Waals surface area (Å²) >= 11 is 0. The molecular formula is C12H11NO. The first-order chi connectivity index (χ1) is 6.61. The Morgan fingerprint density at radius 2 is 2.07 bits per heavy atom. The third kappa shape index (κ3) is 2.49. The number of hydrogen-bond acceptors (Lipinski definition) is 1. The quantitative estimate of drug-likeness (QED) is 0.665. The second-order valence-corrected chi connectivity index (χ2v) is 2.94. The molecule has 0 aliphatic rings. The first-order valence-electron chi connectivity index (χ1n) is 4.17. The predicted octanol–water partition coefficient (Wildman–Crippen LogP) is 1.71. The molecule has 0 saturated heterocycles. The minimum absolute atomic E-state index is 0.446. The Morgan fingerprint density at radius 3 is 2.64 bits per heavy atom. The lowest BCUT2D eigenvalue weighted by Crippen LogP contribution is -2.12. The Labute approximate surface area is 83.4 Å². The number of amides is 1. The molecule has 0 heterocycles. The van der Waals surface area contributed by atoms with Gasteiger partial charge in [0.2, 0.25) is 5.91 Å². The Bertz CT molecular complexity index is 435. The summed E-state index contributed by atoms with van der Waals surface area (Å²) in [5.74, 6) is 5.19. The van der Waals surface area contributed by atoms with Crippen molar-refractivity contribution < 1.29 is 4.79 Å². The number of hydrogen-bond donors (Lipinski definition) is 1. The molecule has 14 heavy (non-hydrogen) atoms. The Morgan fingerprint density at radius 1 is 1.43 bits per heavy atom. The van der Waals surface area contributed by atoms with Crippen LogP contribution in [0, 0.1) is 11.8 Å². The molecule has 1 aromatic rings. The highest BCUT2D eigenvalue weighted by molar-refractivity contribution is 5.95.